The number of rotatable bonds is 8. The molecule has 180 valence electrons. The van der Waals surface area contributed by atoms with Crippen molar-refractivity contribution in [1.82, 2.24) is 0 Å². The first-order chi connectivity index (χ1) is 16.1. The summed E-state index contributed by atoms with van der Waals surface area (Å²) in [6, 6.07) is 0. The van der Waals surface area contributed by atoms with E-state index >= 15 is 0 Å². The Balaban J connectivity index is 1.63. The molecule has 0 radical (unpaired) electrons. The summed E-state index contributed by atoms with van der Waals surface area (Å²) in [6.45, 7) is 15.2. The van der Waals surface area contributed by atoms with Gasteiger partial charge in [-0.3, -0.25) is 0 Å². The topological polar surface area (TPSA) is 52.6 Å². The van der Waals surface area contributed by atoms with Crippen LogP contribution in [-0.2, 0) is 19.1 Å². The van der Waals surface area contributed by atoms with E-state index in [4.69, 9.17) is 9.47 Å². The van der Waals surface area contributed by atoms with Crippen LogP contribution in [0.4, 0.5) is 0 Å². The number of carbonyl (C=O) groups is 2. The number of hydrogen-bond acceptors (Lipinski definition) is 4. The van der Waals surface area contributed by atoms with Gasteiger partial charge in [0.05, 0.1) is 0 Å². The molecule has 0 aliphatic heterocycles. The normalized spacial score (nSPS) is 18.4. The van der Waals surface area contributed by atoms with E-state index in [-0.39, 0.29) is 17.4 Å². The molecule has 3 rings (SSSR count). The van der Waals surface area contributed by atoms with E-state index in [1.54, 1.807) is 13.8 Å². The van der Waals surface area contributed by atoms with Crippen LogP contribution in [0.25, 0.3) is 0 Å². The summed E-state index contributed by atoms with van der Waals surface area (Å²) in [4.78, 5) is 23.5. The van der Waals surface area contributed by atoms with E-state index in [1.807, 2.05) is 6.08 Å². The van der Waals surface area contributed by atoms with Gasteiger partial charge in [-0.25, -0.2) is 9.59 Å². The number of hydrogen-bond donors (Lipinski definition) is 0. The molecule has 4 heteroatoms. The third-order valence-electron chi connectivity index (χ3n) is 6.59. The van der Waals surface area contributed by atoms with Crippen LogP contribution in [0.15, 0.2) is 94.4 Å². The zero-order chi connectivity index (χ0) is 24.9. The van der Waals surface area contributed by atoms with E-state index in [2.05, 4.69) is 57.4 Å². The Bertz CT molecular complexity index is 1080. The molecule has 3 aliphatic carbocycles. The zero-order valence-electron chi connectivity index (χ0n) is 21.0. The Labute approximate surface area is 203 Å². The fourth-order valence-electron chi connectivity index (χ4n) is 4.28. The highest BCUT2D eigenvalue weighted by Gasteiger charge is 2.27. The third-order valence-corrected chi connectivity index (χ3v) is 6.59. The summed E-state index contributed by atoms with van der Waals surface area (Å²) in [5.74, 6) is 0.0155. The van der Waals surface area contributed by atoms with Gasteiger partial charge in [-0.05, 0) is 74.3 Å². The van der Waals surface area contributed by atoms with Crippen molar-refractivity contribution in [3.63, 3.8) is 0 Å². The summed E-state index contributed by atoms with van der Waals surface area (Å²) in [7, 11) is 0. The Morgan fingerprint density at radius 1 is 0.735 bits per heavy atom. The lowest BCUT2D eigenvalue weighted by atomic mass is 9.77. The van der Waals surface area contributed by atoms with E-state index in [0.29, 0.717) is 23.5 Å². The van der Waals surface area contributed by atoms with Crippen LogP contribution < -0.4 is 0 Å². The van der Waals surface area contributed by atoms with Gasteiger partial charge in [-0.2, -0.15) is 0 Å². The van der Waals surface area contributed by atoms with Crippen LogP contribution in [0.1, 0.15) is 66.2 Å². The van der Waals surface area contributed by atoms with Crippen molar-refractivity contribution in [3.05, 3.63) is 94.4 Å². The molecule has 0 saturated carbocycles. The van der Waals surface area contributed by atoms with Crippen LogP contribution in [-0.4, -0.2) is 18.5 Å². The molecule has 3 aliphatic rings. The minimum Gasteiger partial charge on any atom is -0.461 e. The second kappa shape index (κ2) is 10.9. The minimum absolute atomic E-state index is 0.195. The quantitative estimate of drug-likeness (QED) is 0.285. The highest BCUT2D eigenvalue weighted by molar-refractivity contribution is 5.87. The van der Waals surface area contributed by atoms with E-state index < -0.39 is 0 Å². The molecule has 0 saturated heterocycles. The Morgan fingerprint density at radius 2 is 1.21 bits per heavy atom. The van der Waals surface area contributed by atoms with Gasteiger partial charge in [-0.15, -0.1) is 0 Å². The van der Waals surface area contributed by atoms with Gasteiger partial charge < -0.3 is 9.47 Å². The largest absolute Gasteiger partial charge is 0.461 e. The van der Waals surface area contributed by atoms with Gasteiger partial charge >= 0.3 is 11.9 Å². The molecule has 0 bridgehead atoms. The predicted octanol–water partition coefficient (Wildman–Crippen LogP) is 7.15. The fraction of sp³-hybridized carbons (Fsp3) is 0.400. The molecule has 0 amide bonds. The maximum Gasteiger partial charge on any atom is 0.338 e. The Kier molecular flexibility index (Phi) is 8.14. The molecule has 4 nitrogen and oxygen atoms in total. The van der Waals surface area contributed by atoms with Crippen LogP contribution in [0, 0.1) is 5.41 Å². The first-order valence-corrected chi connectivity index (χ1v) is 12.0. The lowest BCUT2D eigenvalue weighted by molar-refractivity contribution is -0.141. The average molecular weight is 461 g/mol. The molecule has 0 heterocycles. The van der Waals surface area contributed by atoms with Gasteiger partial charge in [0.15, 0.2) is 0 Å². The third kappa shape index (κ3) is 6.47. The van der Waals surface area contributed by atoms with Crippen LogP contribution in [0.5, 0.6) is 0 Å². The first kappa shape index (κ1) is 25.5. The summed E-state index contributed by atoms with van der Waals surface area (Å²) in [5.41, 5.74) is 7.42. The lowest BCUT2D eigenvalue weighted by Crippen LogP contribution is -2.25. The Hall–Kier alpha value is -3.14. The lowest BCUT2D eigenvalue weighted by Gasteiger charge is -2.30. The van der Waals surface area contributed by atoms with E-state index in [9.17, 15) is 9.59 Å². The zero-order valence-corrected chi connectivity index (χ0v) is 21.0. The molecule has 0 spiro atoms. The molecular formula is C30H36O4. The van der Waals surface area contributed by atoms with Crippen molar-refractivity contribution in [3.8, 4) is 0 Å². The molecule has 0 unspecified atom stereocenters. The van der Waals surface area contributed by atoms with E-state index in [0.717, 1.165) is 38.5 Å². The minimum atomic E-state index is -0.359. The van der Waals surface area contributed by atoms with Crippen molar-refractivity contribution in [2.45, 2.75) is 66.2 Å². The number of carbonyl (C=O) groups excluding carboxylic acids is 2. The molecule has 0 fully saturated rings. The van der Waals surface area contributed by atoms with Crippen LogP contribution in [0.2, 0.25) is 0 Å². The summed E-state index contributed by atoms with van der Waals surface area (Å²) in [6.07, 6.45) is 18.5. The summed E-state index contributed by atoms with van der Waals surface area (Å²) >= 11 is 0. The smallest absolute Gasteiger partial charge is 0.338 e. The maximum atomic E-state index is 11.8. The van der Waals surface area contributed by atoms with Gasteiger partial charge in [0.1, 0.15) is 12.4 Å². The van der Waals surface area contributed by atoms with Gasteiger partial charge in [0.2, 0.25) is 0 Å². The van der Waals surface area contributed by atoms with Crippen molar-refractivity contribution in [2.75, 3.05) is 6.61 Å². The second-order valence-corrected chi connectivity index (χ2v) is 10.0. The number of allylic oxidation sites excluding steroid dienone is 11. The molecule has 34 heavy (non-hydrogen) atoms. The predicted molar refractivity (Wildman–Crippen MR) is 137 cm³/mol. The molecule has 0 aromatic heterocycles. The monoisotopic (exact) mass is 460 g/mol. The maximum absolute atomic E-state index is 11.8. The molecule has 0 atom stereocenters. The number of esters is 2. The highest BCUT2D eigenvalue weighted by atomic mass is 16.5. The van der Waals surface area contributed by atoms with Crippen LogP contribution in [0.3, 0.4) is 0 Å². The first-order valence-electron chi connectivity index (χ1n) is 12.0. The molecule has 0 N–H and O–H groups in total. The molecule has 0 aromatic rings. The molecule has 0 aromatic carbocycles. The number of ether oxygens (including phenoxy) is 2. The second-order valence-electron chi connectivity index (χ2n) is 10.0. The van der Waals surface area contributed by atoms with Gasteiger partial charge in [-0.1, -0.05) is 63.0 Å². The van der Waals surface area contributed by atoms with Gasteiger partial charge in [0.25, 0.3) is 0 Å². The SMILES string of the molecule is C=C(C)C(=O)OCC(C)(C)C1=CC=C(C2=CC=C(C3=CC=C(OC(=O)C(=C)C)CC3)CC2)CC1. The fourth-order valence-corrected chi connectivity index (χ4v) is 4.28. The average Bonchev–Trinajstić information content (AvgIpc) is 2.83. The van der Waals surface area contributed by atoms with Crippen LogP contribution >= 0.6 is 0 Å². The van der Waals surface area contributed by atoms with Crippen molar-refractivity contribution >= 4 is 11.9 Å². The summed E-state index contributed by atoms with van der Waals surface area (Å²) in [5, 5.41) is 0. The van der Waals surface area contributed by atoms with Crippen molar-refractivity contribution in [1.29, 1.82) is 0 Å². The van der Waals surface area contributed by atoms with Crippen molar-refractivity contribution in [2.24, 2.45) is 5.41 Å². The summed E-state index contributed by atoms with van der Waals surface area (Å²) < 4.78 is 10.8. The highest BCUT2D eigenvalue weighted by Crippen LogP contribution is 2.38. The van der Waals surface area contributed by atoms with Crippen molar-refractivity contribution < 1.29 is 19.1 Å². The Morgan fingerprint density at radius 3 is 1.62 bits per heavy atom. The van der Waals surface area contributed by atoms with Gasteiger partial charge in [0, 0.05) is 23.0 Å². The molecular weight excluding hydrogens is 424 g/mol. The standard InChI is InChI=1S/C30H36O4/c1-20(2)28(31)33-19-30(5,6)26-15-11-24(12-16-26)22-7-9-23(10-8-22)25-13-17-27(18-14-25)34-29(32)21(3)4/h7,9,11,13,15,17H,1,3,8,10,12,14,16,18-19H2,2,4-6H3. The van der Waals surface area contributed by atoms with E-state index in [1.165, 1.54) is 27.9 Å².